The monoisotopic (exact) mass is 251 g/mol. The van der Waals surface area contributed by atoms with Crippen LogP contribution in [0.25, 0.3) is 0 Å². The lowest BCUT2D eigenvalue weighted by molar-refractivity contribution is 0.616. The van der Waals surface area contributed by atoms with Crippen LogP contribution in [0, 0.1) is 6.92 Å². The number of rotatable bonds is 9. The molecule has 0 aliphatic carbocycles. The number of nitrogens with zero attached hydrogens (tertiary/aromatic N) is 2. The second-order valence-electron chi connectivity index (χ2n) is 4.56. The molecule has 1 heterocycles. The molecule has 0 bridgehead atoms. The van der Waals surface area contributed by atoms with E-state index >= 15 is 0 Å². The van der Waals surface area contributed by atoms with E-state index in [2.05, 4.69) is 27.6 Å². The summed E-state index contributed by atoms with van der Waals surface area (Å²) in [7, 11) is 0. The number of nitrogen functional groups attached to an aromatic ring is 1. The van der Waals surface area contributed by atoms with Crippen molar-refractivity contribution in [3.63, 3.8) is 0 Å². The van der Waals surface area contributed by atoms with E-state index in [-0.39, 0.29) is 0 Å². The van der Waals surface area contributed by atoms with Crippen molar-refractivity contribution in [3.05, 3.63) is 11.8 Å². The Balaban J connectivity index is 2.22. The number of aromatic nitrogens is 2. The molecule has 5 nitrogen and oxygen atoms in total. The zero-order valence-electron chi connectivity index (χ0n) is 11.5. The van der Waals surface area contributed by atoms with Crippen molar-refractivity contribution in [1.82, 2.24) is 9.97 Å². The lowest BCUT2D eigenvalue weighted by atomic mass is 10.1. The predicted molar refractivity (Wildman–Crippen MR) is 76.4 cm³/mol. The zero-order chi connectivity index (χ0) is 13.2. The van der Waals surface area contributed by atoms with Crippen LogP contribution in [0.3, 0.4) is 0 Å². The van der Waals surface area contributed by atoms with Gasteiger partial charge in [-0.25, -0.2) is 10.8 Å². The maximum Gasteiger partial charge on any atom is 0.239 e. The van der Waals surface area contributed by atoms with Gasteiger partial charge < -0.3 is 5.32 Å². The number of aryl methyl sites for hydroxylation is 1. The van der Waals surface area contributed by atoms with E-state index in [0.717, 1.165) is 17.9 Å². The van der Waals surface area contributed by atoms with Crippen LogP contribution < -0.4 is 16.6 Å². The highest BCUT2D eigenvalue weighted by Crippen LogP contribution is 2.12. The van der Waals surface area contributed by atoms with Gasteiger partial charge in [-0.2, -0.15) is 4.98 Å². The minimum atomic E-state index is 0.450. The van der Waals surface area contributed by atoms with Gasteiger partial charge in [0.25, 0.3) is 0 Å². The van der Waals surface area contributed by atoms with Gasteiger partial charge in [0.1, 0.15) is 5.82 Å². The van der Waals surface area contributed by atoms with E-state index in [9.17, 15) is 0 Å². The second kappa shape index (κ2) is 8.69. The summed E-state index contributed by atoms with van der Waals surface area (Å²) < 4.78 is 0. The predicted octanol–water partition coefficient (Wildman–Crippen LogP) is 2.84. The summed E-state index contributed by atoms with van der Waals surface area (Å²) in [6, 6.07) is 0. The highest BCUT2D eigenvalue weighted by molar-refractivity contribution is 5.45. The maximum absolute atomic E-state index is 5.29. The fourth-order valence-electron chi connectivity index (χ4n) is 1.80. The third kappa shape index (κ3) is 5.31. The molecular weight excluding hydrogens is 226 g/mol. The molecule has 0 saturated carbocycles. The van der Waals surface area contributed by atoms with Gasteiger partial charge in [0.15, 0.2) is 0 Å². The first-order valence-electron chi connectivity index (χ1n) is 6.82. The van der Waals surface area contributed by atoms with Crippen molar-refractivity contribution in [2.24, 2.45) is 5.84 Å². The first-order valence-corrected chi connectivity index (χ1v) is 6.82. The van der Waals surface area contributed by atoms with Crippen molar-refractivity contribution in [3.8, 4) is 0 Å². The van der Waals surface area contributed by atoms with Crippen molar-refractivity contribution in [2.75, 3.05) is 17.3 Å². The Morgan fingerprint density at radius 2 is 1.89 bits per heavy atom. The molecule has 1 aromatic rings. The van der Waals surface area contributed by atoms with Gasteiger partial charge in [0.2, 0.25) is 5.95 Å². The minimum Gasteiger partial charge on any atom is -0.370 e. The summed E-state index contributed by atoms with van der Waals surface area (Å²) in [5.41, 5.74) is 3.50. The Hall–Kier alpha value is -1.36. The molecule has 0 radical (unpaired) electrons. The number of nitrogens with two attached hydrogens (primary N) is 1. The number of hydrogen-bond acceptors (Lipinski definition) is 5. The molecule has 0 saturated heterocycles. The second-order valence-corrected chi connectivity index (χ2v) is 4.56. The lowest BCUT2D eigenvalue weighted by Crippen LogP contribution is -2.13. The zero-order valence-corrected chi connectivity index (χ0v) is 11.5. The molecule has 0 atom stereocenters. The Bertz CT molecular complexity index is 340. The molecule has 1 rings (SSSR count). The van der Waals surface area contributed by atoms with Crippen LogP contribution in [-0.2, 0) is 0 Å². The normalized spacial score (nSPS) is 10.4. The quantitative estimate of drug-likeness (QED) is 0.357. The standard InChI is InChI=1S/C13H25N5/c1-3-4-5-6-7-8-9-15-12-11(2)10-16-13(17-12)18-14/h10H,3-9,14H2,1-2H3,(H2,15,16,17,18). The molecule has 0 fully saturated rings. The molecule has 0 amide bonds. The number of unbranched alkanes of at least 4 members (excludes halogenated alkanes) is 5. The van der Waals surface area contributed by atoms with Crippen LogP contribution in [0.2, 0.25) is 0 Å². The average molecular weight is 251 g/mol. The van der Waals surface area contributed by atoms with Crippen LogP contribution in [0.4, 0.5) is 11.8 Å². The van der Waals surface area contributed by atoms with E-state index in [1.54, 1.807) is 6.20 Å². The smallest absolute Gasteiger partial charge is 0.239 e. The third-order valence-corrected chi connectivity index (χ3v) is 2.92. The molecule has 4 N–H and O–H groups in total. The van der Waals surface area contributed by atoms with E-state index in [0.29, 0.717) is 5.95 Å². The van der Waals surface area contributed by atoms with Gasteiger partial charge in [0, 0.05) is 18.3 Å². The summed E-state index contributed by atoms with van der Waals surface area (Å²) in [6.07, 6.45) is 9.55. The fourth-order valence-corrected chi connectivity index (χ4v) is 1.80. The summed E-state index contributed by atoms with van der Waals surface area (Å²) in [4.78, 5) is 8.33. The van der Waals surface area contributed by atoms with Crippen molar-refractivity contribution < 1.29 is 0 Å². The maximum atomic E-state index is 5.29. The van der Waals surface area contributed by atoms with Gasteiger partial charge >= 0.3 is 0 Å². The molecule has 0 aromatic carbocycles. The van der Waals surface area contributed by atoms with E-state index < -0.39 is 0 Å². The summed E-state index contributed by atoms with van der Waals surface area (Å²) in [5, 5.41) is 3.33. The van der Waals surface area contributed by atoms with Gasteiger partial charge in [-0.05, 0) is 13.3 Å². The highest BCUT2D eigenvalue weighted by atomic mass is 15.3. The Morgan fingerprint density at radius 1 is 1.17 bits per heavy atom. The highest BCUT2D eigenvalue weighted by Gasteiger charge is 2.01. The first-order chi connectivity index (χ1) is 8.77. The molecule has 5 heteroatoms. The number of anilines is 2. The summed E-state index contributed by atoms with van der Waals surface area (Å²) in [6.45, 7) is 5.18. The van der Waals surface area contributed by atoms with E-state index in [1.165, 1.54) is 38.5 Å². The molecule has 102 valence electrons. The molecule has 0 unspecified atom stereocenters. The van der Waals surface area contributed by atoms with E-state index in [1.807, 2.05) is 6.92 Å². The first kappa shape index (κ1) is 14.7. The molecule has 0 aliphatic rings. The number of hydrazine groups is 1. The summed E-state index contributed by atoms with van der Waals surface area (Å²) in [5.74, 6) is 6.61. The minimum absolute atomic E-state index is 0.450. The van der Waals surface area contributed by atoms with Gasteiger partial charge in [-0.15, -0.1) is 0 Å². The molecule has 0 aliphatic heterocycles. The fraction of sp³-hybridized carbons (Fsp3) is 0.692. The Morgan fingerprint density at radius 3 is 2.61 bits per heavy atom. The average Bonchev–Trinajstić information content (AvgIpc) is 2.39. The summed E-state index contributed by atoms with van der Waals surface area (Å²) >= 11 is 0. The third-order valence-electron chi connectivity index (χ3n) is 2.92. The van der Waals surface area contributed by atoms with Gasteiger partial charge in [-0.3, -0.25) is 5.43 Å². The number of hydrogen-bond donors (Lipinski definition) is 3. The molecule has 18 heavy (non-hydrogen) atoms. The SMILES string of the molecule is CCCCCCCCNc1nc(NN)ncc1C. The van der Waals surface area contributed by atoms with Crippen LogP contribution in [-0.4, -0.2) is 16.5 Å². The topological polar surface area (TPSA) is 75.9 Å². The largest absolute Gasteiger partial charge is 0.370 e. The lowest BCUT2D eigenvalue weighted by Gasteiger charge is -2.09. The molecular formula is C13H25N5. The van der Waals surface area contributed by atoms with Crippen LogP contribution in [0.5, 0.6) is 0 Å². The van der Waals surface area contributed by atoms with Gasteiger partial charge in [-0.1, -0.05) is 39.0 Å². The van der Waals surface area contributed by atoms with Crippen molar-refractivity contribution >= 4 is 11.8 Å². The Kier molecular flexibility index (Phi) is 7.10. The van der Waals surface area contributed by atoms with Crippen molar-refractivity contribution in [2.45, 2.75) is 52.4 Å². The molecule has 0 spiro atoms. The number of nitrogens with one attached hydrogen (secondary N) is 2. The molecule has 1 aromatic heterocycles. The van der Waals surface area contributed by atoms with Crippen LogP contribution >= 0.6 is 0 Å². The van der Waals surface area contributed by atoms with Crippen molar-refractivity contribution in [1.29, 1.82) is 0 Å². The van der Waals surface area contributed by atoms with Crippen LogP contribution in [0.1, 0.15) is 51.0 Å². The van der Waals surface area contributed by atoms with Gasteiger partial charge in [0.05, 0.1) is 0 Å². The Labute approximate surface area is 110 Å². The van der Waals surface area contributed by atoms with Crippen LogP contribution in [0.15, 0.2) is 6.20 Å². The van der Waals surface area contributed by atoms with E-state index in [4.69, 9.17) is 5.84 Å².